The maximum absolute atomic E-state index is 9.23. The minimum Gasteiger partial charge on any atom is -0.503 e. The van der Waals surface area contributed by atoms with Crippen molar-refractivity contribution in [2.45, 2.75) is 19.8 Å². The molecule has 0 bridgehead atoms. The van der Waals surface area contributed by atoms with Crippen molar-refractivity contribution < 1.29 is 9.84 Å². The molecule has 0 aliphatic carbocycles. The second-order valence-electron chi connectivity index (χ2n) is 2.94. The second kappa shape index (κ2) is 3.43. The van der Waals surface area contributed by atoms with Gasteiger partial charge in [-0.25, -0.2) is 0 Å². The summed E-state index contributed by atoms with van der Waals surface area (Å²) in [5.74, 6) is 0.912. The van der Waals surface area contributed by atoms with Crippen LogP contribution in [0.15, 0.2) is 12.3 Å². The molecule has 1 aromatic heterocycles. The van der Waals surface area contributed by atoms with E-state index in [1.54, 1.807) is 6.07 Å². The maximum Gasteiger partial charge on any atom is 0.176 e. The van der Waals surface area contributed by atoms with Gasteiger partial charge in [-0.1, -0.05) is 13.8 Å². The van der Waals surface area contributed by atoms with Crippen LogP contribution < -0.4 is 4.74 Å². The van der Waals surface area contributed by atoms with Crippen LogP contribution >= 0.6 is 0 Å². The third-order valence-electron chi connectivity index (χ3n) is 1.68. The van der Waals surface area contributed by atoms with Gasteiger partial charge in [0, 0.05) is 11.8 Å². The molecule has 0 aliphatic heterocycles. The molecule has 0 amide bonds. The first-order chi connectivity index (χ1) is 5.65. The predicted octanol–water partition coefficient (Wildman–Crippen LogP) is 1.92. The van der Waals surface area contributed by atoms with Crippen LogP contribution in [0.5, 0.6) is 11.5 Å². The van der Waals surface area contributed by atoms with Crippen LogP contribution in [0.2, 0.25) is 0 Å². The molecule has 1 rings (SSSR count). The van der Waals surface area contributed by atoms with E-state index in [-0.39, 0.29) is 5.75 Å². The van der Waals surface area contributed by atoms with Gasteiger partial charge >= 0.3 is 0 Å². The molecule has 66 valence electrons. The largest absolute Gasteiger partial charge is 0.503 e. The van der Waals surface area contributed by atoms with Crippen molar-refractivity contribution in [2.75, 3.05) is 7.11 Å². The van der Waals surface area contributed by atoms with Crippen LogP contribution in [0.25, 0.3) is 0 Å². The van der Waals surface area contributed by atoms with E-state index < -0.39 is 0 Å². The molecule has 1 aromatic rings. The summed E-state index contributed by atoms with van der Waals surface area (Å²) in [5, 5.41) is 9.23. The molecule has 1 heterocycles. The van der Waals surface area contributed by atoms with Crippen molar-refractivity contribution in [3.05, 3.63) is 18.0 Å². The minimum atomic E-state index is 0.0851. The molecule has 0 atom stereocenters. The topological polar surface area (TPSA) is 42.4 Å². The average Bonchev–Trinajstić information content (AvgIpc) is 2.05. The fourth-order valence-corrected chi connectivity index (χ4v) is 0.924. The average molecular weight is 167 g/mol. The SMILES string of the molecule is COc1cc(C(C)C)ncc1O. The first kappa shape index (κ1) is 8.84. The van der Waals surface area contributed by atoms with Gasteiger partial charge in [0.15, 0.2) is 11.5 Å². The molecule has 3 nitrogen and oxygen atoms in total. The Labute approximate surface area is 72.0 Å². The van der Waals surface area contributed by atoms with Crippen molar-refractivity contribution in [1.29, 1.82) is 0 Å². The minimum absolute atomic E-state index is 0.0851. The number of aromatic nitrogens is 1. The zero-order valence-electron chi connectivity index (χ0n) is 7.53. The van der Waals surface area contributed by atoms with Crippen LogP contribution in [-0.4, -0.2) is 17.2 Å². The van der Waals surface area contributed by atoms with E-state index >= 15 is 0 Å². The van der Waals surface area contributed by atoms with Crippen molar-refractivity contribution >= 4 is 0 Å². The normalized spacial score (nSPS) is 10.3. The van der Waals surface area contributed by atoms with E-state index in [1.165, 1.54) is 13.3 Å². The molecule has 12 heavy (non-hydrogen) atoms. The Morgan fingerprint density at radius 3 is 2.67 bits per heavy atom. The van der Waals surface area contributed by atoms with E-state index in [0.29, 0.717) is 11.7 Å². The monoisotopic (exact) mass is 167 g/mol. The molecule has 0 aliphatic rings. The Morgan fingerprint density at radius 2 is 2.17 bits per heavy atom. The van der Waals surface area contributed by atoms with Gasteiger partial charge in [0.2, 0.25) is 0 Å². The molecular weight excluding hydrogens is 154 g/mol. The van der Waals surface area contributed by atoms with Gasteiger partial charge in [0.1, 0.15) is 0 Å². The van der Waals surface area contributed by atoms with Crippen molar-refractivity contribution in [3.8, 4) is 11.5 Å². The lowest BCUT2D eigenvalue weighted by Gasteiger charge is -2.07. The number of pyridine rings is 1. The predicted molar refractivity (Wildman–Crippen MR) is 46.5 cm³/mol. The summed E-state index contributed by atoms with van der Waals surface area (Å²) >= 11 is 0. The van der Waals surface area contributed by atoms with Gasteiger partial charge in [0.05, 0.1) is 13.3 Å². The summed E-state index contributed by atoms with van der Waals surface area (Å²) < 4.78 is 4.95. The number of methoxy groups -OCH3 is 1. The van der Waals surface area contributed by atoms with Crippen molar-refractivity contribution in [2.24, 2.45) is 0 Å². The van der Waals surface area contributed by atoms with E-state index in [0.717, 1.165) is 5.69 Å². The molecule has 0 fully saturated rings. The zero-order chi connectivity index (χ0) is 9.14. The lowest BCUT2D eigenvalue weighted by molar-refractivity contribution is 0.370. The van der Waals surface area contributed by atoms with Crippen LogP contribution in [0.1, 0.15) is 25.5 Å². The molecule has 0 spiro atoms. The molecule has 0 saturated heterocycles. The Morgan fingerprint density at radius 1 is 1.50 bits per heavy atom. The van der Waals surface area contributed by atoms with E-state index in [9.17, 15) is 5.11 Å². The molecule has 0 radical (unpaired) electrons. The Kier molecular flexibility index (Phi) is 2.53. The Hall–Kier alpha value is -1.25. The van der Waals surface area contributed by atoms with Crippen LogP contribution in [0.4, 0.5) is 0 Å². The number of ether oxygens (including phenoxy) is 1. The molecule has 0 saturated carbocycles. The van der Waals surface area contributed by atoms with Crippen molar-refractivity contribution in [3.63, 3.8) is 0 Å². The third kappa shape index (κ3) is 1.67. The van der Waals surface area contributed by atoms with Gasteiger partial charge in [-0.15, -0.1) is 0 Å². The third-order valence-corrected chi connectivity index (χ3v) is 1.68. The van der Waals surface area contributed by atoms with E-state index in [4.69, 9.17) is 4.74 Å². The standard InChI is InChI=1S/C9H13NO2/c1-6(2)7-4-9(12-3)8(11)5-10-7/h4-6,11H,1-3H3. The number of rotatable bonds is 2. The lowest BCUT2D eigenvalue weighted by Crippen LogP contribution is -1.93. The molecular formula is C9H13NO2. The highest BCUT2D eigenvalue weighted by molar-refractivity contribution is 5.38. The molecule has 0 unspecified atom stereocenters. The zero-order valence-corrected chi connectivity index (χ0v) is 7.53. The van der Waals surface area contributed by atoms with Gasteiger partial charge < -0.3 is 9.84 Å². The summed E-state index contributed by atoms with van der Waals surface area (Å²) in [5.41, 5.74) is 0.921. The number of nitrogens with zero attached hydrogens (tertiary/aromatic N) is 1. The summed E-state index contributed by atoms with van der Waals surface area (Å²) in [6.07, 6.45) is 1.41. The van der Waals surface area contributed by atoms with Gasteiger partial charge in [-0.2, -0.15) is 0 Å². The first-order valence-corrected chi connectivity index (χ1v) is 3.88. The first-order valence-electron chi connectivity index (χ1n) is 3.88. The highest BCUT2D eigenvalue weighted by atomic mass is 16.5. The quantitative estimate of drug-likeness (QED) is 0.731. The molecule has 0 aromatic carbocycles. The summed E-state index contributed by atoms with van der Waals surface area (Å²) in [6.45, 7) is 4.08. The fourth-order valence-electron chi connectivity index (χ4n) is 0.924. The molecule has 1 N–H and O–H groups in total. The van der Waals surface area contributed by atoms with Gasteiger partial charge in [-0.05, 0) is 5.92 Å². The Bertz CT molecular complexity index is 271. The maximum atomic E-state index is 9.23. The summed E-state index contributed by atoms with van der Waals surface area (Å²) in [7, 11) is 1.53. The van der Waals surface area contributed by atoms with Crippen LogP contribution in [-0.2, 0) is 0 Å². The van der Waals surface area contributed by atoms with Crippen LogP contribution in [0, 0.1) is 0 Å². The lowest BCUT2D eigenvalue weighted by atomic mass is 10.1. The highest BCUT2D eigenvalue weighted by Crippen LogP contribution is 2.26. The Balaban J connectivity index is 3.05. The highest BCUT2D eigenvalue weighted by Gasteiger charge is 2.06. The summed E-state index contributed by atoms with van der Waals surface area (Å²) in [6, 6.07) is 1.75. The summed E-state index contributed by atoms with van der Waals surface area (Å²) in [4.78, 5) is 4.06. The van der Waals surface area contributed by atoms with Crippen LogP contribution in [0.3, 0.4) is 0 Å². The number of aromatic hydroxyl groups is 1. The van der Waals surface area contributed by atoms with E-state index in [1.807, 2.05) is 13.8 Å². The van der Waals surface area contributed by atoms with E-state index in [2.05, 4.69) is 4.98 Å². The number of hydrogen-bond donors (Lipinski definition) is 1. The smallest absolute Gasteiger partial charge is 0.176 e. The van der Waals surface area contributed by atoms with Crippen molar-refractivity contribution in [1.82, 2.24) is 4.98 Å². The van der Waals surface area contributed by atoms with Gasteiger partial charge in [-0.3, -0.25) is 4.98 Å². The van der Waals surface area contributed by atoms with Gasteiger partial charge in [0.25, 0.3) is 0 Å². The fraction of sp³-hybridized carbons (Fsp3) is 0.444. The second-order valence-corrected chi connectivity index (χ2v) is 2.94. The molecule has 3 heteroatoms. The number of hydrogen-bond acceptors (Lipinski definition) is 3.